The summed E-state index contributed by atoms with van der Waals surface area (Å²) < 4.78 is 163. The minimum atomic E-state index is -4.54. The highest BCUT2D eigenvalue weighted by Crippen LogP contribution is 2.43. The SMILES string of the molecule is CN1CCN(C(=O)Cn2cc(Nc3nc4c(N5CC6CCC(C5)N6S(=O)(=O)c5ccc(C(F)(F)F)cc5)cccn4n3)cn2)CC1.CN1CCN(C(=O)Cn2cc(Nc3nc4c(N5CC6CCC(C5)N6S(=O)(=O)c5ccc(Cl)cc5F)cccn4n3)cn2)CC1.CN1CCN(C(=O)Cn2cc(Nc3nc4c(N5CC6CCC(C5)N6S(=O)(=O)c5ccc(F)cc5)cccn4n3)cn2)CC1. The number of benzene rings is 3. The predicted molar refractivity (Wildman–Crippen MR) is 481 cm³/mol. The molecule has 9 fully saturated rings. The maximum Gasteiger partial charge on any atom is 0.416 e. The molecule has 21 rings (SSSR count). The number of fused-ring (bicyclic) bond motifs is 9. The Hall–Kier alpha value is -12.1. The standard InChI is InChI=1S/C29H33F3N10O3S.C28H32ClFN10O3S.C28H33FN10O3S/c1-37-11-13-38(14-12-37)26(43)19-40-16-21(15-33-40)34-28-35-27-25(3-2-10-41(27)36-28)39-17-22-6-7-23(18-39)42(22)46(44,45)24-8-4-20(5-9-24)29(30,31)32;1-35-9-11-36(12-10-35)26(41)18-38-15-20(14-31-38)32-28-33-27-24(3-2-8-39(27)34-28)37-16-21-5-6-22(17-37)40(21)44(42,43)25-7-4-19(29)13-23(25)30;1-34-11-13-35(14-12-34)26(40)19-37-16-21(15-30-37)31-28-32-27-25(3-2-10-38(27)33-28)36-17-22-6-7-23(18-36)39(22)43(41,42)24-8-4-20(29)5-9-24/h2-5,8-10,15-16,22-23H,6-7,11-14,17-19H2,1H3,(H,34,36);2-4,7-8,13-15,21-22H,5-6,9-12,16-18H2,1H3,(H,32,34);2-5,8-10,15-16,22-23H,6-7,11-14,17-19H2,1H3,(H,31,33). The summed E-state index contributed by atoms with van der Waals surface area (Å²) in [5.74, 6) is -0.140. The number of likely N-dealkylation sites (N-methyl/N-ethyl adjacent to an activating group) is 3. The Balaban J connectivity index is 0.000000129. The quantitative estimate of drug-likeness (QED) is 0.0654. The van der Waals surface area contributed by atoms with Gasteiger partial charge in [0, 0.05) is 196 Å². The maximum atomic E-state index is 14.6. The first-order valence-electron chi connectivity index (χ1n) is 43.9. The lowest BCUT2D eigenvalue weighted by Crippen LogP contribution is -2.56. The van der Waals surface area contributed by atoms with Crippen LogP contribution in [-0.2, 0) is 70.3 Å². The van der Waals surface area contributed by atoms with E-state index in [1.165, 1.54) is 45.0 Å². The summed E-state index contributed by atoms with van der Waals surface area (Å²) in [5, 5.41) is 36.4. The largest absolute Gasteiger partial charge is 0.416 e. The monoisotopic (exact) mass is 1910 g/mol. The van der Waals surface area contributed by atoms with Gasteiger partial charge in [0.25, 0.3) is 0 Å². The van der Waals surface area contributed by atoms with E-state index in [1.807, 2.05) is 71.4 Å². The van der Waals surface area contributed by atoms with Crippen molar-refractivity contribution in [2.24, 2.45) is 0 Å². The van der Waals surface area contributed by atoms with Crippen molar-refractivity contribution in [3.63, 3.8) is 0 Å². The third kappa shape index (κ3) is 18.9. The van der Waals surface area contributed by atoms with Crippen LogP contribution >= 0.6 is 11.6 Å². The third-order valence-electron chi connectivity index (χ3n) is 26.0. The first-order valence-corrected chi connectivity index (χ1v) is 48.6. The van der Waals surface area contributed by atoms with Gasteiger partial charge in [-0.3, -0.25) is 28.4 Å². The number of piperazine rings is 6. The smallest absolute Gasteiger partial charge is 0.365 e. The van der Waals surface area contributed by atoms with E-state index in [-0.39, 0.29) is 93.3 Å². The molecule has 133 heavy (non-hydrogen) atoms. The molecule has 9 aliphatic rings. The molecule has 702 valence electrons. The maximum absolute atomic E-state index is 14.6. The minimum absolute atomic E-state index is 0.0134. The third-order valence-corrected chi connectivity index (χ3v) is 32.3. The Morgan fingerprint density at radius 3 is 1.03 bits per heavy atom. The number of halogens is 6. The molecule has 9 aliphatic heterocycles. The first-order chi connectivity index (χ1) is 63.8. The fourth-order valence-electron chi connectivity index (χ4n) is 19.2. The molecule has 3 amide bonds. The Morgan fingerprint density at radius 1 is 0.414 bits per heavy atom. The molecule has 9 saturated heterocycles. The summed E-state index contributed by atoms with van der Waals surface area (Å²) >= 11 is 5.86. The molecule has 12 aromatic rings. The zero-order valence-corrected chi connectivity index (χ0v) is 76.0. The number of aromatic nitrogens is 15. The fraction of sp³-hybridized carbons (Fsp3) is 0.435. The molecule has 9 aromatic heterocycles. The van der Waals surface area contributed by atoms with Crippen LogP contribution in [0.2, 0.25) is 5.02 Å². The van der Waals surface area contributed by atoms with Crippen LogP contribution in [0, 0.1) is 11.6 Å². The van der Waals surface area contributed by atoms with Crippen LogP contribution in [0.4, 0.5) is 73.9 Å². The fourth-order valence-corrected chi connectivity index (χ4v) is 25.0. The summed E-state index contributed by atoms with van der Waals surface area (Å²) in [7, 11) is -5.64. The van der Waals surface area contributed by atoms with Gasteiger partial charge in [0.05, 0.1) is 68.1 Å². The van der Waals surface area contributed by atoms with Gasteiger partial charge in [-0.15, -0.1) is 15.3 Å². The number of alkyl halides is 3. The molecule has 0 spiro atoms. The van der Waals surface area contributed by atoms with Crippen molar-refractivity contribution in [3.8, 4) is 0 Å². The van der Waals surface area contributed by atoms with Gasteiger partial charge in [-0.25, -0.2) is 47.6 Å². The van der Waals surface area contributed by atoms with Crippen LogP contribution in [0.1, 0.15) is 44.1 Å². The number of anilines is 9. The summed E-state index contributed by atoms with van der Waals surface area (Å²) in [6, 6.07) is 22.1. The second-order valence-electron chi connectivity index (χ2n) is 34.9. The molecule has 6 atom stereocenters. The second kappa shape index (κ2) is 36.7. The Kier molecular flexibility index (Phi) is 24.9. The van der Waals surface area contributed by atoms with Gasteiger partial charge in [0.15, 0.2) is 16.9 Å². The topological polar surface area (TPSA) is 373 Å². The molecular weight excluding hydrogens is 1810 g/mol. The van der Waals surface area contributed by atoms with Crippen molar-refractivity contribution in [2.75, 3.05) is 170 Å². The molecule has 0 radical (unpaired) electrons. The van der Waals surface area contributed by atoms with Crippen LogP contribution in [0.3, 0.4) is 0 Å². The lowest BCUT2D eigenvalue weighted by molar-refractivity contribution is -0.138. The van der Waals surface area contributed by atoms with Crippen LogP contribution in [0.25, 0.3) is 16.9 Å². The second-order valence-corrected chi connectivity index (χ2v) is 40.9. The van der Waals surface area contributed by atoms with E-state index >= 15 is 0 Å². The van der Waals surface area contributed by atoms with E-state index < -0.39 is 53.4 Å². The highest BCUT2D eigenvalue weighted by molar-refractivity contribution is 7.89. The van der Waals surface area contributed by atoms with Gasteiger partial charge < -0.3 is 60.0 Å². The average molecular weight is 1910 g/mol. The van der Waals surface area contributed by atoms with E-state index in [0.29, 0.717) is 143 Å². The summed E-state index contributed by atoms with van der Waals surface area (Å²) in [6.45, 7) is 12.6. The van der Waals surface area contributed by atoms with E-state index in [4.69, 9.17) is 26.6 Å². The number of rotatable bonds is 21. The molecule has 48 heteroatoms. The molecule has 3 N–H and O–H groups in total. The number of pyridine rings is 3. The number of hydrogen-bond acceptors (Lipinski definition) is 27. The van der Waals surface area contributed by atoms with Crippen molar-refractivity contribution >= 4 is 128 Å². The zero-order chi connectivity index (χ0) is 92.5. The van der Waals surface area contributed by atoms with Gasteiger partial charge in [-0.1, -0.05) is 11.6 Å². The summed E-state index contributed by atoms with van der Waals surface area (Å²) in [5.41, 5.74) is 5.40. The van der Waals surface area contributed by atoms with Gasteiger partial charge in [0.2, 0.25) is 65.6 Å². The predicted octanol–water partition coefficient (Wildman–Crippen LogP) is 6.41. The first kappa shape index (κ1) is 90.1. The van der Waals surface area contributed by atoms with Gasteiger partial charge in [-0.2, -0.15) is 56.3 Å². The van der Waals surface area contributed by atoms with Crippen LogP contribution in [-0.4, -0.2) is 334 Å². The molecule has 3 aromatic carbocycles. The number of nitrogens with one attached hydrogen (secondary N) is 3. The molecule has 39 nitrogen and oxygen atoms in total. The summed E-state index contributed by atoms with van der Waals surface area (Å²) in [4.78, 5) is 70.5. The Labute approximate surface area is 767 Å². The number of hydrogen-bond donors (Lipinski definition) is 3. The van der Waals surface area contributed by atoms with E-state index in [1.54, 1.807) is 81.5 Å². The zero-order valence-electron chi connectivity index (χ0n) is 72.8. The lowest BCUT2D eigenvalue weighted by atomic mass is 10.2. The Bertz CT molecular complexity index is 6640. The van der Waals surface area contributed by atoms with Gasteiger partial charge in [-0.05, 0) is 163 Å². The minimum Gasteiger partial charge on any atom is -0.365 e. The van der Waals surface area contributed by atoms with Crippen molar-refractivity contribution in [3.05, 3.63) is 181 Å². The molecule has 6 unspecified atom stereocenters. The molecule has 6 bridgehead atoms. The number of sulfonamides is 3. The van der Waals surface area contributed by atoms with Gasteiger partial charge in [0.1, 0.15) is 36.2 Å². The van der Waals surface area contributed by atoms with Crippen molar-refractivity contribution in [2.45, 2.75) is 115 Å². The van der Waals surface area contributed by atoms with Crippen molar-refractivity contribution in [1.29, 1.82) is 0 Å². The van der Waals surface area contributed by atoms with Crippen LogP contribution < -0.4 is 30.7 Å². The molecule has 18 heterocycles. The van der Waals surface area contributed by atoms with Crippen molar-refractivity contribution in [1.82, 2.24) is 115 Å². The highest BCUT2D eigenvalue weighted by Gasteiger charge is 2.51. The number of amides is 3. The lowest BCUT2D eigenvalue weighted by Gasteiger charge is -2.41. The number of carbonyl (C=O) groups is 3. The highest BCUT2D eigenvalue weighted by atomic mass is 35.5. The van der Waals surface area contributed by atoms with Gasteiger partial charge >= 0.3 is 6.18 Å². The van der Waals surface area contributed by atoms with Crippen LogP contribution in [0.5, 0.6) is 0 Å². The van der Waals surface area contributed by atoms with E-state index in [0.717, 1.165) is 113 Å². The molecular formula is C85H98ClF5N30O9S3. The van der Waals surface area contributed by atoms with E-state index in [9.17, 15) is 61.6 Å². The average Bonchev–Trinajstić information content (AvgIpc) is 1.59. The Morgan fingerprint density at radius 2 is 0.722 bits per heavy atom. The van der Waals surface area contributed by atoms with Crippen LogP contribution in [0.15, 0.2) is 174 Å². The van der Waals surface area contributed by atoms with E-state index in [2.05, 4.69) is 83.0 Å². The normalized spacial score (nSPS) is 21.4. The molecule has 0 aliphatic carbocycles. The number of carbonyl (C=O) groups excluding carboxylic acids is 3. The number of nitrogens with zero attached hydrogens (tertiary/aromatic N) is 27. The molecule has 0 saturated carbocycles. The van der Waals surface area contributed by atoms with Crippen molar-refractivity contribution < 1.29 is 61.6 Å². The summed E-state index contributed by atoms with van der Waals surface area (Å²) in [6.07, 6.45) is 15.1.